The van der Waals surface area contributed by atoms with Gasteiger partial charge in [-0.05, 0) is 41.8 Å². The Morgan fingerprint density at radius 2 is 1.36 bits per heavy atom. The fraction of sp³-hybridized carbons (Fsp3) is 0.0870. The first-order chi connectivity index (χ1) is 12.3. The van der Waals surface area contributed by atoms with E-state index in [2.05, 4.69) is 35.4 Å². The van der Waals surface area contributed by atoms with Crippen LogP contribution in [0.4, 0.5) is 0 Å². The molecule has 0 bridgehead atoms. The highest BCUT2D eigenvalue weighted by molar-refractivity contribution is 5.93. The van der Waals surface area contributed by atoms with Crippen LogP contribution >= 0.6 is 0 Å². The average molecular weight is 325 g/mol. The first kappa shape index (κ1) is 15.4. The topological polar surface area (TPSA) is 22.0 Å². The molecule has 0 radical (unpaired) electrons. The summed E-state index contributed by atoms with van der Waals surface area (Å²) in [5.41, 5.74) is 4.50. The summed E-state index contributed by atoms with van der Waals surface area (Å²) in [6.45, 7) is 4.63. The summed E-state index contributed by atoms with van der Waals surface area (Å²) < 4.78 is 2.26. The lowest BCUT2D eigenvalue weighted by Crippen LogP contribution is -2.12. The van der Waals surface area contributed by atoms with E-state index in [1.807, 2.05) is 54.6 Å². The van der Waals surface area contributed by atoms with Crippen molar-refractivity contribution in [2.75, 3.05) is 0 Å². The third-order valence-corrected chi connectivity index (χ3v) is 4.72. The Kier molecular flexibility index (Phi) is 3.95. The van der Waals surface area contributed by atoms with E-state index in [4.69, 9.17) is 0 Å². The van der Waals surface area contributed by atoms with E-state index in [0.717, 1.165) is 40.3 Å². The van der Waals surface area contributed by atoms with Crippen LogP contribution in [0.15, 0.2) is 84.2 Å². The van der Waals surface area contributed by atoms with Gasteiger partial charge >= 0.3 is 0 Å². The Hall–Kier alpha value is -3.13. The van der Waals surface area contributed by atoms with Crippen molar-refractivity contribution in [3.8, 4) is 0 Å². The second-order valence-electron chi connectivity index (χ2n) is 6.21. The summed E-state index contributed by atoms with van der Waals surface area (Å²) in [7, 11) is 0. The van der Waals surface area contributed by atoms with Gasteiger partial charge in [-0.2, -0.15) is 0 Å². The predicted octanol–water partition coefficient (Wildman–Crippen LogP) is 5.04. The molecule has 0 atom stereocenters. The fourth-order valence-electron chi connectivity index (χ4n) is 3.38. The third kappa shape index (κ3) is 2.76. The SMILES string of the molecule is C=Cc1ccc(CCn2c3ccccc3c(=O)c3ccccc32)cc1. The van der Waals surface area contributed by atoms with Crippen molar-refractivity contribution in [3.05, 3.63) is 101 Å². The first-order valence-electron chi connectivity index (χ1n) is 8.49. The van der Waals surface area contributed by atoms with Crippen molar-refractivity contribution in [1.82, 2.24) is 4.57 Å². The highest BCUT2D eigenvalue weighted by Crippen LogP contribution is 2.20. The Balaban J connectivity index is 1.82. The van der Waals surface area contributed by atoms with Crippen molar-refractivity contribution in [3.63, 3.8) is 0 Å². The van der Waals surface area contributed by atoms with Crippen molar-refractivity contribution in [2.45, 2.75) is 13.0 Å². The monoisotopic (exact) mass is 325 g/mol. The minimum Gasteiger partial charge on any atom is -0.340 e. The zero-order chi connectivity index (χ0) is 17.2. The van der Waals surface area contributed by atoms with Crippen molar-refractivity contribution in [2.24, 2.45) is 0 Å². The third-order valence-electron chi connectivity index (χ3n) is 4.72. The van der Waals surface area contributed by atoms with E-state index in [0.29, 0.717) is 0 Å². The van der Waals surface area contributed by atoms with E-state index < -0.39 is 0 Å². The van der Waals surface area contributed by atoms with Gasteiger partial charge < -0.3 is 4.57 Å². The highest BCUT2D eigenvalue weighted by Gasteiger charge is 2.09. The number of benzene rings is 3. The molecule has 25 heavy (non-hydrogen) atoms. The summed E-state index contributed by atoms with van der Waals surface area (Å²) in [4.78, 5) is 12.8. The van der Waals surface area contributed by atoms with Gasteiger partial charge in [0.25, 0.3) is 0 Å². The summed E-state index contributed by atoms with van der Waals surface area (Å²) >= 11 is 0. The van der Waals surface area contributed by atoms with Crippen molar-refractivity contribution in [1.29, 1.82) is 0 Å². The number of aromatic nitrogens is 1. The molecule has 0 aliphatic carbocycles. The number of nitrogens with zero attached hydrogens (tertiary/aromatic N) is 1. The number of aryl methyl sites for hydroxylation is 2. The summed E-state index contributed by atoms with van der Waals surface area (Å²) in [6, 6.07) is 24.2. The minimum absolute atomic E-state index is 0.109. The standard InChI is InChI=1S/C23H19NO/c1-2-17-11-13-18(14-12-17)15-16-24-21-9-5-3-7-19(21)23(25)20-8-4-6-10-22(20)24/h2-14H,1,15-16H2. The molecule has 2 nitrogen and oxygen atoms in total. The summed E-state index contributed by atoms with van der Waals surface area (Å²) in [6.07, 6.45) is 2.76. The van der Waals surface area contributed by atoms with Gasteiger partial charge in [0.15, 0.2) is 5.43 Å². The number of rotatable bonds is 4. The number of fused-ring (bicyclic) bond motifs is 2. The molecule has 1 heterocycles. The van der Waals surface area contributed by atoms with Gasteiger partial charge in [-0.25, -0.2) is 0 Å². The van der Waals surface area contributed by atoms with Crippen LogP contribution in [0.5, 0.6) is 0 Å². The van der Waals surface area contributed by atoms with E-state index in [9.17, 15) is 4.79 Å². The van der Waals surface area contributed by atoms with Crippen LogP contribution in [0, 0.1) is 0 Å². The smallest absolute Gasteiger partial charge is 0.197 e. The molecule has 0 aliphatic rings. The molecule has 0 spiro atoms. The molecule has 0 amide bonds. The second-order valence-corrected chi connectivity index (χ2v) is 6.21. The largest absolute Gasteiger partial charge is 0.340 e. The van der Waals surface area contributed by atoms with Crippen molar-refractivity contribution < 1.29 is 0 Å². The quantitative estimate of drug-likeness (QED) is 0.482. The van der Waals surface area contributed by atoms with Crippen molar-refractivity contribution >= 4 is 27.9 Å². The Morgan fingerprint density at radius 3 is 1.92 bits per heavy atom. The Bertz CT molecular complexity index is 1060. The van der Waals surface area contributed by atoms with Crippen LogP contribution in [-0.2, 0) is 13.0 Å². The molecule has 0 saturated heterocycles. The fourth-order valence-corrected chi connectivity index (χ4v) is 3.38. The maximum atomic E-state index is 12.8. The number of hydrogen-bond acceptors (Lipinski definition) is 1. The number of hydrogen-bond donors (Lipinski definition) is 0. The zero-order valence-corrected chi connectivity index (χ0v) is 14.0. The molecule has 3 aromatic carbocycles. The minimum atomic E-state index is 0.109. The Morgan fingerprint density at radius 1 is 0.800 bits per heavy atom. The van der Waals surface area contributed by atoms with E-state index in [1.165, 1.54) is 5.56 Å². The van der Waals surface area contributed by atoms with Gasteiger partial charge in [0.2, 0.25) is 0 Å². The van der Waals surface area contributed by atoms with E-state index >= 15 is 0 Å². The molecule has 4 rings (SSSR count). The molecule has 0 N–H and O–H groups in total. The lowest BCUT2D eigenvalue weighted by atomic mass is 10.1. The number of para-hydroxylation sites is 2. The van der Waals surface area contributed by atoms with E-state index in [1.54, 1.807) is 0 Å². The molecule has 1 aromatic heterocycles. The lowest BCUT2D eigenvalue weighted by molar-refractivity contribution is 0.741. The Labute approximate surface area is 146 Å². The second kappa shape index (κ2) is 6.40. The molecule has 0 aliphatic heterocycles. The van der Waals surface area contributed by atoms with Gasteiger partial charge in [0, 0.05) is 17.3 Å². The summed E-state index contributed by atoms with van der Waals surface area (Å²) in [5.74, 6) is 0. The average Bonchev–Trinajstić information content (AvgIpc) is 2.68. The molecule has 122 valence electrons. The zero-order valence-electron chi connectivity index (χ0n) is 14.0. The maximum absolute atomic E-state index is 12.8. The number of pyridine rings is 1. The van der Waals surface area contributed by atoms with Crippen LogP contribution in [0.1, 0.15) is 11.1 Å². The van der Waals surface area contributed by atoms with Gasteiger partial charge in [-0.15, -0.1) is 0 Å². The van der Waals surface area contributed by atoms with Crippen LogP contribution < -0.4 is 5.43 Å². The highest BCUT2D eigenvalue weighted by atomic mass is 16.1. The van der Waals surface area contributed by atoms with Crippen LogP contribution in [-0.4, -0.2) is 4.57 Å². The van der Waals surface area contributed by atoms with Gasteiger partial charge in [-0.1, -0.05) is 61.2 Å². The molecule has 4 aromatic rings. The normalized spacial score (nSPS) is 11.0. The predicted molar refractivity (Wildman–Crippen MR) is 106 cm³/mol. The van der Waals surface area contributed by atoms with Crippen LogP contribution in [0.3, 0.4) is 0 Å². The van der Waals surface area contributed by atoms with E-state index in [-0.39, 0.29) is 5.43 Å². The van der Waals surface area contributed by atoms with Gasteiger partial charge in [0.05, 0.1) is 11.0 Å². The molecule has 0 fully saturated rings. The molecule has 2 heteroatoms. The van der Waals surface area contributed by atoms with Gasteiger partial charge in [0.1, 0.15) is 0 Å². The first-order valence-corrected chi connectivity index (χ1v) is 8.49. The van der Waals surface area contributed by atoms with Gasteiger partial charge in [-0.3, -0.25) is 4.79 Å². The molecular formula is C23H19NO. The molecular weight excluding hydrogens is 306 g/mol. The van der Waals surface area contributed by atoms with Crippen LogP contribution in [0.2, 0.25) is 0 Å². The molecule has 0 saturated carbocycles. The van der Waals surface area contributed by atoms with Crippen LogP contribution in [0.25, 0.3) is 27.9 Å². The lowest BCUT2D eigenvalue weighted by Gasteiger charge is -2.15. The maximum Gasteiger partial charge on any atom is 0.197 e. The summed E-state index contributed by atoms with van der Waals surface area (Å²) in [5, 5.41) is 1.56. The molecule has 0 unspecified atom stereocenters.